The maximum atomic E-state index is 9.83. The fourth-order valence-electron chi connectivity index (χ4n) is 2.50. The Morgan fingerprint density at radius 2 is 2.44 bits per heavy atom. The minimum atomic E-state index is -0.138. The van der Waals surface area contributed by atoms with Crippen molar-refractivity contribution in [1.29, 1.82) is 0 Å². The second-order valence-corrected chi connectivity index (χ2v) is 6.46. The zero-order valence-corrected chi connectivity index (χ0v) is 10.8. The summed E-state index contributed by atoms with van der Waals surface area (Å²) in [4.78, 5) is 7.85. The number of hydrogen-bond donors (Lipinski definition) is 1. The quantitative estimate of drug-likeness (QED) is 0.860. The standard InChI is InChI=1S/C12H20N2OS/c1-12(2)5-10(15)3-4-14(8-12)7-11-6-13-9-16-11/h6,9-10,15H,3-5,7-8H2,1-2H3/t10-/m1/s1. The molecule has 1 atom stereocenters. The summed E-state index contributed by atoms with van der Waals surface area (Å²) < 4.78 is 0. The van der Waals surface area contributed by atoms with Gasteiger partial charge in [0.25, 0.3) is 0 Å². The summed E-state index contributed by atoms with van der Waals surface area (Å²) >= 11 is 1.71. The second-order valence-electron chi connectivity index (χ2n) is 5.49. The van der Waals surface area contributed by atoms with Gasteiger partial charge in [-0.2, -0.15) is 0 Å². The van der Waals surface area contributed by atoms with Crippen LogP contribution in [0, 0.1) is 5.41 Å². The van der Waals surface area contributed by atoms with Crippen LogP contribution >= 0.6 is 11.3 Å². The molecule has 0 unspecified atom stereocenters. The summed E-state index contributed by atoms with van der Waals surface area (Å²) in [7, 11) is 0. The first kappa shape index (κ1) is 12.0. The van der Waals surface area contributed by atoms with Gasteiger partial charge in [-0.1, -0.05) is 13.8 Å². The van der Waals surface area contributed by atoms with Crippen LogP contribution in [0.25, 0.3) is 0 Å². The van der Waals surface area contributed by atoms with Gasteiger partial charge < -0.3 is 5.11 Å². The van der Waals surface area contributed by atoms with Crippen LogP contribution in [0.15, 0.2) is 11.7 Å². The molecule has 0 spiro atoms. The summed E-state index contributed by atoms with van der Waals surface area (Å²) in [5.41, 5.74) is 2.09. The molecule has 1 aliphatic heterocycles. The van der Waals surface area contributed by atoms with E-state index in [-0.39, 0.29) is 11.5 Å². The van der Waals surface area contributed by atoms with Gasteiger partial charge in [-0.05, 0) is 18.3 Å². The molecule has 2 rings (SSSR count). The van der Waals surface area contributed by atoms with Gasteiger partial charge >= 0.3 is 0 Å². The van der Waals surface area contributed by atoms with Crippen molar-refractivity contribution in [3.8, 4) is 0 Å². The molecule has 1 saturated heterocycles. The van der Waals surface area contributed by atoms with Gasteiger partial charge in [-0.25, -0.2) is 0 Å². The van der Waals surface area contributed by atoms with E-state index in [1.54, 1.807) is 11.3 Å². The lowest BCUT2D eigenvalue weighted by Gasteiger charge is -2.29. The molecule has 1 aromatic rings. The van der Waals surface area contributed by atoms with Crippen LogP contribution in [-0.2, 0) is 6.54 Å². The lowest BCUT2D eigenvalue weighted by atomic mass is 9.87. The predicted molar refractivity (Wildman–Crippen MR) is 66.4 cm³/mol. The average molecular weight is 240 g/mol. The van der Waals surface area contributed by atoms with Gasteiger partial charge in [0.1, 0.15) is 0 Å². The largest absolute Gasteiger partial charge is 0.393 e. The number of hydrogen-bond acceptors (Lipinski definition) is 4. The molecule has 3 nitrogen and oxygen atoms in total. The molecule has 0 aliphatic carbocycles. The summed E-state index contributed by atoms with van der Waals surface area (Å²) in [5, 5.41) is 9.83. The minimum Gasteiger partial charge on any atom is -0.393 e. The van der Waals surface area contributed by atoms with E-state index in [0.717, 1.165) is 32.5 Å². The first-order valence-electron chi connectivity index (χ1n) is 5.83. The van der Waals surface area contributed by atoms with Crippen molar-refractivity contribution in [1.82, 2.24) is 9.88 Å². The van der Waals surface area contributed by atoms with E-state index in [9.17, 15) is 5.11 Å². The zero-order chi connectivity index (χ0) is 11.6. The predicted octanol–water partition coefficient (Wildman–Crippen LogP) is 2.13. The normalized spacial score (nSPS) is 26.6. The van der Waals surface area contributed by atoms with E-state index in [4.69, 9.17) is 0 Å². The third-order valence-corrected chi connectivity index (χ3v) is 3.85. The Bertz CT molecular complexity index is 324. The average Bonchev–Trinajstić information content (AvgIpc) is 2.60. The van der Waals surface area contributed by atoms with Crippen molar-refractivity contribution in [2.75, 3.05) is 13.1 Å². The monoisotopic (exact) mass is 240 g/mol. The summed E-state index contributed by atoms with van der Waals surface area (Å²) in [6.07, 6.45) is 3.61. The van der Waals surface area contributed by atoms with E-state index in [1.165, 1.54) is 4.88 Å². The third kappa shape index (κ3) is 3.27. The van der Waals surface area contributed by atoms with E-state index in [2.05, 4.69) is 23.7 Å². The van der Waals surface area contributed by atoms with E-state index in [0.29, 0.717) is 0 Å². The molecule has 0 saturated carbocycles. The molecule has 0 aromatic carbocycles. The number of nitrogens with zero attached hydrogens (tertiary/aromatic N) is 2. The smallest absolute Gasteiger partial charge is 0.0794 e. The Kier molecular flexibility index (Phi) is 3.62. The van der Waals surface area contributed by atoms with Crippen molar-refractivity contribution < 1.29 is 5.11 Å². The number of thiazole rings is 1. The van der Waals surface area contributed by atoms with Crippen LogP contribution in [0.4, 0.5) is 0 Å². The topological polar surface area (TPSA) is 36.4 Å². The Morgan fingerprint density at radius 1 is 1.62 bits per heavy atom. The fourth-order valence-corrected chi connectivity index (χ4v) is 3.13. The van der Waals surface area contributed by atoms with Crippen molar-refractivity contribution in [3.63, 3.8) is 0 Å². The van der Waals surface area contributed by atoms with Crippen LogP contribution in [-0.4, -0.2) is 34.2 Å². The van der Waals surface area contributed by atoms with Crippen LogP contribution in [0.1, 0.15) is 31.6 Å². The maximum absolute atomic E-state index is 9.83. The van der Waals surface area contributed by atoms with Crippen LogP contribution in [0.3, 0.4) is 0 Å². The molecule has 0 amide bonds. The first-order valence-corrected chi connectivity index (χ1v) is 6.71. The van der Waals surface area contributed by atoms with Gasteiger partial charge in [-0.15, -0.1) is 11.3 Å². The second kappa shape index (κ2) is 4.82. The van der Waals surface area contributed by atoms with Crippen LogP contribution < -0.4 is 0 Å². The summed E-state index contributed by atoms with van der Waals surface area (Å²) in [6, 6.07) is 0. The third-order valence-electron chi connectivity index (χ3n) is 3.08. The van der Waals surface area contributed by atoms with Crippen molar-refractivity contribution in [2.24, 2.45) is 5.41 Å². The molecule has 1 N–H and O–H groups in total. The molecular weight excluding hydrogens is 220 g/mol. The van der Waals surface area contributed by atoms with E-state index < -0.39 is 0 Å². The number of rotatable bonds is 2. The van der Waals surface area contributed by atoms with Gasteiger partial charge in [0.05, 0.1) is 11.6 Å². The maximum Gasteiger partial charge on any atom is 0.0794 e. The zero-order valence-electron chi connectivity index (χ0n) is 10.0. The first-order chi connectivity index (χ1) is 7.55. The molecule has 1 aromatic heterocycles. The van der Waals surface area contributed by atoms with Gasteiger partial charge in [-0.3, -0.25) is 9.88 Å². The fraction of sp³-hybridized carbons (Fsp3) is 0.750. The number of aliphatic hydroxyl groups excluding tert-OH is 1. The number of likely N-dealkylation sites (tertiary alicyclic amines) is 1. The van der Waals surface area contributed by atoms with Crippen LogP contribution in [0.2, 0.25) is 0 Å². The highest BCUT2D eigenvalue weighted by Gasteiger charge is 2.29. The number of aromatic nitrogens is 1. The Morgan fingerprint density at radius 3 is 3.12 bits per heavy atom. The molecule has 1 aliphatic rings. The Balaban J connectivity index is 1.99. The van der Waals surface area contributed by atoms with Gasteiger partial charge in [0.15, 0.2) is 0 Å². The van der Waals surface area contributed by atoms with Crippen molar-refractivity contribution in [2.45, 2.75) is 39.3 Å². The molecule has 0 radical (unpaired) electrons. The lowest BCUT2D eigenvalue weighted by Crippen LogP contribution is -2.32. The minimum absolute atomic E-state index is 0.138. The molecule has 4 heteroatoms. The SMILES string of the molecule is CC1(C)C[C@H](O)CCN(Cc2cncs2)C1. The lowest BCUT2D eigenvalue weighted by molar-refractivity contribution is 0.121. The summed E-state index contributed by atoms with van der Waals surface area (Å²) in [6.45, 7) is 7.49. The highest BCUT2D eigenvalue weighted by Crippen LogP contribution is 2.29. The molecule has 16 heavy (non-hydrogen) atoms. The highest BCUT2D eigenvalue weighted by molar-refractivity contribution is 7.09. The highest BCUT2D eigenvalue weighted by atomic mass is 32.1. The van der Waals surface area contributed by atoms with E-state index in [1.807, 2.05) is 11.7 Å². The Labute approximate surface area is 101 Å². The molecule has 90 valence electrons. The van der Waals surface area contributed by atoms with Gasteiger partial charge in [0, 0.05) is 30.7 Å². The van der Waals surface area contributed by atoms with Crippen molar-refractivity contribution >= 4 is 11.3 Å². The number of aliphatic hydroxyl groups is 1. The molecule has 1 fully saturated rings. The molecule has 2 heterocycles. The van der Waals surface area contributed by atoms with E-state index >= 15 is 0 Å². The van der Waals surface area contributed by atoms with Crippen LogP contribution in [0.5, 0.6) is 0 Å². The summed E-state index contributed by atoms with van der Waals surface area (Å²) in [5.74, 6) is 0. The van der Waals surface area contributed by atoms with Crippen molar-refractivity contribution in [3.05, 3.63) is 16.6 Å². The molecule has 0 bridgehead atoms. The van der Waals surface area contributed by atoms with Gasteiger partial charge in [0.2, 0.25) is 0 Å². The molecular formula is C12H20N2OS. The Hall–Kier alpha value is -0.450.